The standard InChI is InChI=1S/C16H21ClN5OP/c1-24(2,23)14-6-4-3-5-13(14)21-15-12(17)10-19-16(22-15)20-11-7-8-18-9-11/h3-6,10-11,18H,7-9H2,1-2H3,(H2,19,20,21,22). The van der Waals surface area contributed by atoms with Crippen molar-refractivity contribution in [3.8, 4) is 0 Å². The van der Waals surface area contributed by atoms with E-state index in [0.29, 0.717) is 22.8 Å². The molecule has 3 N–H and O–H groups in total. The first-order valence-corrected chi connectivity index (χ1v) is 10.8. The number of nitrogens with one attached hydrogen (secondary N) is 3. The molecule has 0 aliphatic carbocycles. The highest BCUT2D eigenvalue weighted by molar-refractivity contribution is 7.70. The first kappa shape index (κ1) is 17.2. The van der Waals surface area contributed by atoms with E-state index in [1.807, 2.05) is 24.3 Å². The van der Waals surface area contributed by atoms with E-state index in [-0.39, 0.29) is 0 Å². The third kappa shape index (κ3) is 4.07. The maximum Gasteiger partial charge on any atom is 0.224 e. The number of benzene rings is 1. The van der Waals surface area contributed by atoms with Crippen LogP contribution in [0.3, 0.4) is 0 Å². The van der Waals surface area contributed by atoms with Gasteiger partial charge in [0.15, 0.2) is 5.82 Å². The lowest BCUT2D eigenvalue weighted by Crippen LogP contribution is -2.23. The van der Waals surface area contributed by atoms with Gasteiger partial charge in [-0.3, -0.25) is 0 Å². The molecule has 1 aromatic heterocycles. The van der Waals surface area contributed by atoms with Gasteiger partial charge in [-0.2, -0.15) is 4.98 Å². The molecule has 0 saturated carbocycles. The molecule has 1 aliphatic heterocycles. The van der Waals surface area contributed by atoms with Crippen LogP contribution >= 0.6 is 18.7 Å². The third-order valence-corrected chi connectivity index (χ3v) is 5.70. The quantitative estimate of drug-likeness (QED) is 0.707. The van der Waals surface area contributed by atoms with Crippen LogP contribution < -0.4 is 21.3 Å². The molecule has 2 heterocycles. The van der Waals surface area contributed by atoms with Gasteiger partial charge in [0, 0.05) is 17.9 Å². The van der Waals surface area contributed by atoms with Crippen molar-refractivity contribution in [3.63, 3.8) is 0 Å². The van der Waals surface area contributed by atoms with Gasteiger partial charge >= 0.3 is 0 Å². The predicted octanol–water partition coefficient (Wildman–Crippen LogP) is 2.90. The van der Waals surface area contributed by atoms with Crippen LogP contribution in [0.15, 0.2) is 30.5 Å². The zero-order valence-corrected chi connectivity index (χ0v) is 15.4. The van der Waals surface area contributed by atoms with E-state index in [1.54, 1.807) is 19.5 Å². The molecule has 1 atom stereocenters. The molecule has 1 aliphatic rings. The number of halogens is 1. The summed E-state index contributed by atoms with van der Waals surface area (Å²) < 4.78 is 12.5. The van der Waals surface area contributed by atoms with Crippen LogP contribution in [0.5, 0.6) is 0 Å². The summed E-state index contributed by atoms with van der Waals surface area (Å²) in [6.07, 6.45) is 2.61. The maximum absolute atomic E-state index is 12.5. The summed E-state index contributed by atoms with van der Waals surface area (Å²) >= 11 is 6.23. The summed E-state index contributed by atoms with van der Waals surface area (Å²) in [5, 5.41) is 11.0. The van der Waals surface area contributed by atoms with Crippen molar-refractivity contribution < 1.29 is 4.57 Å². The smallest absolute Gasteiger partial charge is 0.224 e. The van der Waals surface area contributed by atoms with E-state index < -0.39 is 7.14 Å². The number of rotatable bonds is 5. The average Bonchev–Trinajstić information content (AvgIpc) is 3.03. The molecule has 0 amide bonds. The van der Waals surface area contributed by atoms with Crippen molar-refractivity contribution in [2.45, 2.75) is 12.5 Å². The molecule has 0 bridgehead atoms. The molecular formula is C16H21ClN5OP. The molecule has 0 spiro atoms. The zero-order chi connectivity index (χ0) is 17.2. The molecule has 6 nitrogen and oxygen atoms in total. The fourth-order valence-corrected chi connectivity index (χ4v) is 3.96. The van der Waals surface area contributed by atoms with Crippen molar-refractivity contribution in [2.75, 3.05) is 37.1 Å². The van der Waals surface area contributed by atoms with E-state index in [9.17, 15) is 4.57 Å². The molecule has 1 aromatic carbocycles. The van der Waals surface area contributed by atoms with Crippen LogP contribution in [0, 0.1) is 0 Å². The average molecular weight is 366 g/mol. The largest absolute Gasteiger partial charge is 0.350 e. The van der Waals surface area contributed by atoms with Crippen LogP contribution in [-0.2, 0) is 4.57 Å². The third-order valence-electron chi connectivity index (χ3n) is 3.87. The fraction of sp³-hybridized carbons (Fsp3) is 0.375. The maximum atomic E-state index is 12.5. The number of hydrogen-bond donors (Lipinski definition) is 3. The van der Waals surface area contributed by atoms with Gasteiger partial charge in [0.25, 0.3) is 0 Å². The minimum Gasteiger partial charge on any atom is -0.350 e. The molecule has 1 fully saturated rings. The Labute approximate surface area is 146 Å². The summed E-state index contributed by atoms with van der Waals surface area (Å²) in [7, 11) is -2.42. The Morgan fingerprint density at radius 1 is 1.33 bits per heavy atom. The fourth-order valence-electron chi connectivity index (χ4n) is 2.66. The Morgan fingerprint density at radius 3 is 2.83 bits per heavy atom. The first-order valence-electron chi connectivity index (χ1n) is 7.85. The van der Waals surface area contributed by atoms with Crippen molar-refractivity contribution in [2.24, 2.45) is 0 Å². The Morgan fingerprint density at radius 2 is 2.12 bits per heavy atom. The Bertz CT molecular complexity index is 773. The number of aromatic nitrogens is 2. The van der Waals surface area contributed by atoms with Gasteiger partial charge in [0.05, 0.1) is 11.9 Å². The lowest BCUT2D eigenvalue weighted by molar-refractivity contribution is 0.588. The molecule has 128 valence electrons. The Hall–Kier alpha value is -1.62. The van der Waals surface area contributed by atoms with Gasteiger partial charge in [-0.25, -0.2) is 4.98 Å². The first-order chi connectivity index (χ1) is 11.4. The lowest BCUT2D eigenvalue weighted by atomic mass is 10.3. The van der Waals surface area contributed by atoms with Gasteiger partial charge < -0.3 is 20.5 Å². The summed E-state index contributed by atoms with van der Waals surface area (Å²) in [5.74, 6) is 1.03. The zero-order valence-electron chi connectivity index (χ0n) is 13.7. The summed E-state index contributed by atoms with van der Waals surface area (Å²) in [6, 6.07) is 7.82. The molecular weight excluding hydrogens is 345 g/mol. The van der Waals surface area contributed by atoms with E-state index in [0.717, 1.165) is 30.5 Å². The molecule has 2 aromatic rings. The molecule has 1 unspecified atom stereocenters. The molecule has 1 saturated heterocycles. The second-order valence-electron chi connectivity index (χ2n) is 6.22. The highest BCUT2D eigenvalue weighted by Gasteiger charge is 2.18. The van der Waals surface area contributed by atoms with Gasteiger partial charge in [-0.15, -0.1) is 0 Å². The van der Waals surface area contributed by atoms with Crippen molar-refractivity contribution in [1.29, 1.82) is 0 Å². The van der Waals surface area contributed by atoms with E-state index in [4.69, 9.17) is 11.6 Å². The summed E-state index contributed by atoms with van der Waals surface area (Å²) in [4.78, 5) is 8.71. The molecule has 8 heteroatoms. The van der Waals surface area contributed by atoms with Crippen molar-refractivity contribution in [3.05, 3.63) is 35.5 Å². The summed E-state index contributed by atoms with van der Waals surface area (Å²) in [5.41, 5.74) is 0.750. The van der Waals surface area contributed by atoms with Crippen LogP contribution in [0.1, 0.15) is 6.42 Å². The Balaban J connectivity index is 1.86. The van der Waals surface area contributed by atoms with E-state index in [2.05, 4.69) is 25.9 Å². The number of para-hydroxylation sites is 1. The number of nitrogens with zero attached hydrogens (tertiary/aromatic N) is 2. The Kier molecular flexibility index (Phi) is 5.09. The summed E-state index contributed by atoms with van der Waals surface area (Å²) in [6.45, 7) is 5.38. The van der Waals surface area contributed by atoms with Crippen molar-refractivity contribution in [1.82, 2.24) is 15.3 Å². The van der Waals surface area contributed by atoms with Crippen LogP contribution in [0.4, 0.5) is 17.5 Å². The van der Waals surface area contributed by atoms with Crippen molar-refractivity contribution >= 4 is 41.5 Å². The minimum atomic E-state index is -2.42. The normalized spacial score (nSPS) is 17.7. The SMILES string of the molecule is CP(C)(=O)c1ccccc1Nc1nc(NC2CCNC2)ncc1Cl. The van der Waals surface area contributed by atoms with Crippen LogP contribution in [-0.4, -0.2) is 42.4 Å². The van der Waals surface area contributed by atoms with Gasteiger partial charge in [0.2, 0.25) is 5.95 Å². The predicted molar refractivity (Wildman–Crippen MR) is 101 cm³/mol. The van der Waals surface area contributed by atoms with E-state index >= 15 is 0 Å². The minimum absolute atomic E-state index is 0.317. The second kappa shape index (κ2) is 7.09. The highest BCUT2D eigenvalue weighted by atomic mass is 35.5. The second-order valence-corrected chi connectivity index (χ2v) is 9.81. The van der Waals surface area contributed by atoms with E-state index in [1.165, 1.54) is 0 Å². The highest BCUT2D eigenvalue weighted by Crippen LogP contribution is 2.38. The number of hydrogen-bond acceptors (Lipinski definition) is 6. The molecule has 24 heavy (non-hydrogen) atoms. The monoisotopic (exact) mass is 365 g/mol. The van der Waals surface area contributed by atoms with Crippen LogP contribution in [0.25, 0.3) is 0 Å². The van der Waals surface area contributed by atoms with Gasteiger partial charge in [0.1, 0.15) is 12.2 Å². The van der Waals surface area contributed by atoms with Crippen LogP contribution in [0.2, 0.25) is 5.02 Å². The topological polar surface area (TPSA) is 78.9 Å². The molecule has 3 rings (SSSR count). The number of anilines is 3. The molecule has 0 radical (unpaired) electrons. The lowest BCUT2D eigenvalue weighted by Gasteiger charge is -2.16. The van der Waals surface area contributed by atoms with Gasteiger partial charge in [-0.1, -0.05) is 23.7 Å². The van der Waals surface area contributed by atoms with Gasteiger partial charge in [-0.05, 0) is 38.4 Å².